The highest BCUT2D eigenvalue weighted by Crippen LogP contribution is 2.39. The fourth-order valence-electron chi connectivity index (χ4n) is 3.83. The van der Waals surface area contributed by atoms with Gasteiger partial charge in [0, 0.05) is 16.3 Å². The molecular formula is C20H20N2O3S3. The molecule has 5 nitrogen and oxygen atoms in total. The number of thioether (sulfide) groups is 1. The van der Waals surface area contributed by atoms with Gasteiger partial charge in [0.25, 0.3) is 5.91 Å². The van der Waals surface area contributed by atoms with Crippen molar-refractivity contribution in [3.05, 3.63) is 43.9 Å². The number of ether oxygens (including phenoxy) is 1. The van der Waals surface area contributed by atoms with Crippen LogP contribution in [0.3, 0.4) is 0 Å². The van der Waals surface area contributed by atoms with Gasteiger partial charge in [0.05, 0.1) is 17.6 Å². The van der Waals surface area contributed by atoms with E-state index in [9.17, 15) is 9.59 Å². The lowest BCUT2D eigenvalue weighted by atomic mass is 9.95. The maximum absolute atomic E-state index is 12.6. The molecule has 0 radical (unpaired) electrons. The van der Waals surface area contributed by atoms with Crippen LogP contribution in [-0.2, 0) is 22.4 Å². The third-order valence-corrected chi connectivity index (χ3v) is 7.58. The summed E-state index contributed by atoms with van der Waals surface area (Å²) in [5.41, 5.74) is 4.78. The number of methoxy groups -OCH3 is 1. The average molecular weight is 433 g/mol. The Morgan fingerprint density at radius 1 is 1.32 bits per heavy atom. The van der Waals surface area contributed by atoms with Crippen LogP contribution in [0, 0.1) is 13.8 Å². The van der Waals surface area contributed by atoms with Crippen molar-refractivity contribution in [3.63, 3.8) is 0 Å². The molecule has 2 aromatic heterocycles. The minimum atomic E-state index is -0.280. The first-order valence-electron chi connectivity index (χ1n) is 9.07. The largest absolute Gasteiger partial charge is 0.465 e. The molecule has 2 aliphatic rings. The summed E-state index contributed by atoms with van der Waals surface area (Å²) in [5, 5.41) is 3.56. The highest BCUT2D eigenvalue weighted by atomic mass is 32.2. The fourth-order valence-corrected chi connectivity index (χ4v) is 6.35. The van der Waals surface area contributed by atoms with E-state index in [1.54, 1.807) is 11.3 Å². The number of nitrogens with zero attached hydrogens (tertiary/aromatic N) is 1. The Kier molecular flexibility index (Phi) is 5.20. The SMILES string of the molecule is COC(=O)c1c(-n2c(C)cc(/C=C3/SC(=S)NC3=O)c2C)sc2c1CCCC2. The van der Waals surface area contributed by atoms with E-state index >= 15 is 0 Å². The predicted molar refractivity (Wildman–Crippen MR) is 117 cm³/mol. The van der Waals surface area contributed by atoms with Crippen molar-refractivity contribution in [3.8, 4) is 5.00 Å². The first-order chi connectivity index (χ1) is 13.4. The van der Waals surface area contributed by atoms with E-state index in [1.165, 1.54) is 23.7 Å². The highest BCUT2D eigenvalue weighted by molar-refractivity contribution is 8.26. The minimum absolute atomic E-state index is 0.165. The second-order valence-corrected chi connectivity index (χ2v) is 9.70. The molecule has 0 bridgehead atoms. The summed E-state index contributed by atoms with van der Waals surface area (Å²) in [7, 11) is 1.43. The van der Waals surface area contributed by atoms with Crippen LogP contribution >= 0.6 is 35.3 Å². The molecule has 4 rings (SSSR count). The van der Waals surface area contributed by atoms with Gasteiger partial charge in [-0.25, -0.2) is 4.79 Å². The number of carbonyl (C=O) groups excluding carboxylic acids is 2. The summed E-state index contributed by atoms with van der Waals surface area (Å²) in [4.78, 5) is 26.5. The third-order valence-electron chi connectivity index (χ3n) is 5.14. The van der Waals surface area contributed by atoms with Crippen molar-refractivity contribution in [1.29, 1.82) is 0 Å². The van der Waals surface area contributed by atoms with E-state index < -0.39 is 0 Å². The molecule has 146 valence electrons. The van der Waals surface area contributed by atoms with E-state index in [-0.39, 0.29) is 11.9 Å². The first-order valence-corrected chi connectivity index (χ1v) is 11.1. The van der Waals surface area contributed by atoms with Crippen LogP contribution in [0.5, 0.6) is 0 Å². The summed E-state index contributed by atoms with van der Waals surface area (Å²) in [6.45, 7) is 4.02. The predicted octanol–water partition coefficient (Wildman–Crippen LogP) is 4.31. The number of hydrogen-bond acceptors (Lipinski definition) is 6. The molecule has 1 aliphatic heterocycles. The van der Waals surface area contributed by atoms with E-state index in [4.69, 9.17) is 17.0 Å². The lowest BCUT2D eigenvalue weighted by Gasteiger charge is -2.12. The van der Waals surface area contributed by atoms with Crippen LogP contribution < -0.4 is 5.32 Å². The van der Waals surface area contributed by atoms with Crippen molar-refractivity contribution < 1.29 is 14.3 Å². The van der Waals surface area contributed by atoms with Crippen molar-refractivity contribution in [2.75, 3.05) is 7.11 Å². The number of hydrogen-bond donors (Lipinski definition) is 1. The second kappa shape index (κ2) is 7.50. The number of aromatic nitrogens is 1. The van der Waals surface area contributed by atoms with Gasteiger partial charge in [-0.15, -0.1) is 11.3 Å². The van der Waals surface area contributed by atoms with Gasteiger partial charge in [-0.3, -0.25) is 4.79 Å². The van der Waals surface area contributed by atoms with Gasteiger partial charge in [0.1, 0.15) is 9.32 Å². The lowest BCUT2D eigenvalue weighted by molar-refractivity contribution is -0.115. The zero-order valence-corrected chi connectivity index (χ0v) is 18.3. The van der Waals surface area contributed by atoms with E-state index in [0.717, 1.165) is 53.2 Å². The summed E-state index contributed by atoms with van der Waals surface area (Å²) in [6, 6.07) is 2.04. The van der Waals surface area contributed by atoms with E-state index in [1.807, 2.05) is 26.0 Å². The number of thiophene rings is 1. The molecular weight excluding hydrogens is 412 g/mol. The molecule has 0 spiro atoms. The zero-order valence-electron chi connectivity index (χ0n) is 15.9. The Labute approximate surface area is 177 Å². The Balaban J connectivity index is 1.85. The molecule has 1 aliphatic carbocycles. The van der Waals surface area contributed by atoms with Gasteiger partial charge in [-0.05, 0) is 62.8 Å². The number of esters is 1. The summed E-state index contributed by atoms with van der Waals surface area (Å²) in [5.74, 6) is -0.445. The Hall–Kier alpha value is -1.90. The molecule has 0 atom stereocenters. The first kappa shape index (κ1) is 19.4. The van der Waals surface area contributed by atoms with E-state index in [0.29, 0.717) is 14.8 Å². The molecule has 0 aromatic carbocycles. The number of thiocarbonyl (C=S) groups is 1. The Bertz CT molecular complexity index is 1050. The van der Waals surface area contributed by atoms with Gasteiger partial charge in [0.2, 0.25) is 0 Å². The lowest BCUT2D eigenvalue weighted by Crippen LogP contribution is -2.17. The molecule has 0 unspecified atom stereocenters. The minimum Gasteiger partial charge on any atom is -0.465 e. The normalized spacial score (nSPS) is 17.8. The molecule has 1 amide bonds. The number of fused-ring (bicyclic) bond motifs is 1. The van der Waals surface area contributed by atoms with Crippen molar-refractivity contribution in [1.82, 2.24) is 9.88 Å². The third kappa shape index (κ3) is 3.23. The van der Waals surface area contributed by atoms with Gasteiger partial charge in [-0.2, -0.15) is 0 Å². The van der Waals surface area contributed by atoms with Crippen molar-refractivity contribution in [2.45, 2.75) is 39.5 Å². The van der Waals surface area contributed by atoms with Crippen LogP contribution in [0.15, 0.2) is 11.0 Å². The van der Waals surface area contributed by atoms with E-state index in [2.05, 4.69) is 9.88 Å². The number of rotatable bonds is 3. The molecule has 1 saturated heterocycles. The van der Waals surface area contributed by atoms with Crippen LogP contribution in [0.2, 0.25) is 0 Å². The highest BCUT2D eigenvalue weighted by Gasteiger charge is 2.29. The van der Waals surface area contributed by atoms with Gasteiger partial charge in [0.15, 0.2) is 0 Å². The van der Waals surface area contributed by atoms with Gasteiger partial charge >= 0.3 is 5.97 Å². The summed E-state index contributed by atoms with van der Waals surface area (Å²) in [6.07, 6.45) is 6.04. The molecule has 0 saturated carbocycles. The number of aryl methyl sites for hydroxylation is 2. The zero-order chi connectivity index (χ0) is 20.0. The average Bonchev–Trinajstić information content (AvgIpc) is 3.28. The maximum atomic E-state index is 12.6. The van der Waals surface area contributed by atoms with Gasteiger partial charge in [-0.1, -0.05) is 24.0 Å². The molecule has 2 aromatic rings. The molecule has 8 heteroatoms. The van der Waals surface area contributed by atoms with Crippen LogP contribution in [0.4, 0.5) is 0 Å². The Morgan fingerprint density at radius 2 is 2.07 bits per heavy atom. The number of nitrogens with one attached hydrogen (secondary N) is 1. The Morgan fingerprint density at radius 3 is 2.75 bits per heavy atom. The monoisotopic (exact) mass is 432 g/mol. The topological polar surface area (TPSA) is 60.3 Å². The summed E-state index contributed by atoms with van der Waals surface area (Å²) < 4.78 is 7.70. The maximum Gasteiger partial charge on any atom is 0.341 e. The number of carbonyl (C=O) groups is 2. The molecule has 1 N–H and O–H groups in total. The van der Waals surface area contributed by atoms with Crippen LogP contribution in [0.25, 0.3) is 11.1 Å². The fraction of sp³-hybridized carbons (Fsp3) is 0.350. The van der Waals surface area contributed by atoms with Crippen LogP contribution in [0.1, 0.15) is 50.6 Å². The molecule has 28 heavy (non-hydrogen) atoms. The number of amides is 1. The quantitative estimate of drug-likeness (QED) is 0.445. The second-order valence-electron chi connectivity index (χ2n) is 6.90. The van der Waals surface area contributed by atoms with Crippen LogP contribution in [-0.4, -0.2) is 27.9 Å². The molecule has 1 fully saturated rings. The van der Waals surface area contributed by atoms with Gasteiger partial charge < -0.3 is 14.6 Å². The molecule has 3 heterocycles. The smallest absolute Gasteiger partial charge is 0.341 e. The van der Waals surface area contributed by atoms with Crippen molar-refractivity contribution >= 4 is 57.6 Å². The van der Waals surface area contributed by atoms with Crippen molar-refractivity contribution in [2.24, 2.45) is 0 Å². The standard InChI is InChI=1S/C20H20N2O3S3/c1-10-8-12(9-15-17(23)21-20(26)28-15)11(2)22(10)18-16(19(24)25-3)13-6-4-5-7-14(13)27-18/h8-9H,4-7H2,1-3H3,(H,21,23,26)/b15-9+. The summed E-state index contributed by atoms with van der Waals surface area (Å²) >= 11 is 8.03.